The molecule has 1 heterocycles. The van der Waals surface area contributed by atoms with E-state index in [9.17, 15) is 0 Å². The van der Waals surface area contributed by atoms with Crippen molar-refractivity contribution in [1.82, 2.24) is 0 Å². The van der Waals surface area contributed by atoms with Gasteiger partial charge in [0, 0.05) is 16.2 Å². The molecule has 1 aliphatic heterocycles. The minimum atomic E-state index is 0.0944. The number of para-hydroxylation sites is 1. The summed E-state index contributed by atoms with van der Waals surface area (Å²) in [5.41, 5.74) is 2.61. The van der Waals surface area contributed by atoms with Gasteiger partial charge in [-0.3, -0.25) is 0 Å². The molecular formula is C20H24ClNO. The topological polar surface area (TPSA) is 12.5 Å². The van der Waals surface area contributed by atoms with Crippen molar-refractivity contribution >= 4 is 17.3 Å². The Morgan fingerprint density at radius 2 is 1.87 bits per heavy atom. The van der Waals surface area contributed by atoms with Crippen LogP contribution in [-0.2, 0) is 0 Å². The summed E-state index contributed by atoms with van der Waals surface area (Å²) >= 11 is 6.47. The number of halogens is 1. The summed E-state index contributed by atoms with van der Waals surface area (Å²) in [6.07, 6.45) is 1.09. The normalized spacial score (nSPS) is 19.3. The van der Waals surface area contributed by atoms with Gasteiger partial charge in [0.1, 0.15) is 12.4 Å². The maximum absolute atomic E-state index is 6.47. The van der Waals surface area contributed by atoms with Crippen LogP contribution in [0.25, 0.3) is 0 Å². The number of rotatable bonds is 4. The van der Waals surface area contributed by atoms with Gasteiger partial charge in [0.25, 0.3) is 0 Å². The SMILES string of the molecule is CC1CC(C)(C)N(CCOc2ccccc2)c2cccc(Cl)c21. The predicted molar refractivity (Wildman–Crippen MR) is 97.8 cm³/mol. The van der Waals surface area contributed by atoms with Crippen molar-refractivity contribution < 1.29 is 4.74 Å². The van der Waals surface area contributed by atoms with E-state index in [2.05, 4.69) is 31.7 Å². The summed E-state index contributed by atoms with van der Waals surface area (Å²) < 4.78 is 5.90. The van der Waals surface area contributed by atoms with Crippen LogP contribution in [0.3, 0.4) is 0 Å². The molecular weight excluding hydrogens is 306 g/mol. The van der Waals surface area contributed by atoms with Crippen molar-refractivity contribution in [2.75, 3.05) is 18.1 Å². The van der Waals surface area contributed by atoms with Crippen LogP contribution in [0.15, 0.2) is 48.5 Å². The highest BCUT2D eigenvalue weighted by molar-refractivity contribution is 6.31. The molecule has 2 nitrogen and oxygen atoms in total. The highest BCUT2D eigenvalue weighted by Gasteiger charge is 2.37. The average Bonchev–Trinajstić information content (AvgIpc) is 2.50. The molecule has 3 rings (SSSR count). The van der Waals surface area contributed by atoms with E-state index in [1.807, 2.05) is 42.5 Å². The molecule has 0 spiro atoms. The fourth-order valence-corrected chi connectivity index (χ4v) is 4.09. The van der Waals surface area contributed by atoms with Crippen molar-refractivity contribution in [3.05, 3.63) is 59.1 Å². The first-order valence-corrected chi connectivity index (χ1v) is 8.61. The highest BCUT2D eigenvalue weighted by Crippen LogP contribution is 2.45. The Hall–Kier alpha value is -1.67. The monoisotopic (exact) mass is 329 g/mol. The summed E-state index contributed by atoms with van der Waals surface area (Å²) in [6, 6.07) is 16.2. The van der Waals surface area contributed by atoms with Crippen molar-refractivity contribution in [3.63, 3.8) is 0 Å². The fraction of sp³-hybridized carbons (Fsp3) is 0.400. The first-order chi connectivity index (χ1) is 11.0. The number of benzene rings is 2. The molecule has 2 aromatic rings. The number of anilines is 1. The molecule has 3 heteroatoms. The summed E-state index contributed by atoms with van der Waals surface area (Å²) in [5, 5.41) is 0.875. The van der Waals surface area contributed by atoms with Gasteiger partial charge in [0.2, 0.25) is 0 Å². The Morgan fingerprint density at radius 3 is 2.61 bits per heavy atom. The summed E-state index contributed by atoms with van der Waals surface area (Å²) in [7, 11) is 0. The third-order valence-corrected chi connectivity index (χ3v) is 5.01. The molecule has 2 aromatic carbocycles. The van der Waals surface area contributed by atoms with Crippen molar-refractivity contribution in [1.29, 1.82) is 0 Å². The van der Waals surface area contributed by atoms with Gasteiger partial charge in [-0.1, -0.05) is 42.8 Å². The second-order valence-corrected chi connectivity index (χ2v) is 7.31. The molecule has 0 N–H and O–H groups in total. The van der Waals surface area contributed by atoms with Crippen LogP contribution in [0.5, 0.6) is 5.75 Å². The molecule has 0 aromatic heterocycles. The van der Waals surface area contributed by atoms with Gasteiger partial charge < -0.3 is 9.64 Å². The zero-order valence-corrected chi connectivity index (χ0v) is 14.8. The lowest BCUT2D eigenvalue weighted by Gasteiger charge is -2.47. The van der Waals surface area contributed by atoms with Crippen LogP contribution >= 0.6 is 11.6 Å². The first-order valence-electron chi connectivity index (χ1n) is 8.23. The number of hydrogen-bond acceptors (Lipinski definition) is 2. The molecule has 0 saturated heterocycles. The molecule has 1 atom stereocenters. The molecule has 0 amide bonds. The van der Waals surface area contributed by atoms with Crippen LogP contribution < -0.4 is 9.64 Å². The van der Waals surface area contributed by atoms with E-state index in [4.69, 9.17) is 16.3 Å². The minimum absolute atomic E-state index is 0.0944. The molecule has 0 fully saturated rings. The molecule has 0 saturated carbocycles. The van der Waals surface area contributed by atoms with E-state index in [-0.39, 0.29) is 5.54 Å². The van der Waals surface area contributed by atoms with E-state index in [0.717, 1.165) is 23.7 Å². The predicted octanol–water partition coefficient (Wildman–Crippen LogP) is 5.51. The van der Waals surface area contributed by atoms with Crippen LogP contribution in [0.1, 0.15) is 38.7 Å². The second-order valence-electron chi connectivity index (χ2n) is 6.90. The van der Waals surface area contributed by atoms with Gasteiger partial charge >= 0.3 is 0 Å². The molecule has 0 bridgehead atoms. The average molecular weight is 330 g/mol. The van der Waals surface area contributed by atoms with Crippen LogP contribution in [0.2, 0.25) is 5.02 Å². The Morgan fingerprint density at radius 1 is 1.13 bits per heavy atom. The van der Waals surface area contributed by atoms with Gasteiger partial charge in [-0.25, -0.2) is 0 Å². The fourth-order valence-electron chi connectivity index (χ4n) is 3.73. The quantitative estimate of drug-likeness (QED) is 0.733. The Balaban J connectivity index is 1.80. The lowest BCUT2D eigenvalue weighted by atomic mass is 9.80. The van der Waals surface area contributed by atoms with E-state index >= 15 is 0 Å². The van der Waals surface area contributed by atoms with Crippen LogP contribution in [0.4, 0.5) is 5.69 Å². The van der Waals surface area contributed by atoms with Gasteiger partial charge in [-0.2, -0.15) is 0 Å². The molecule has 122 valence electrons. The molecule has 0 radical (unpaired) electrons. The van der Waals surface area contributed by atoms with E-state index in [1.54, 1.807) is 0 Å². The maximum Gasteiger partial charge on any atom is 0.119 e. The Bertz CT molecular complexity index is 669. The molecule has 0 aliphatic carbocycles. The zero-order chi connectivity index (χ0) is 16.4. The lowest BCUT2D eigenvalue weighted by molar-refractivity contribution is 0.294. The maximum atomic E-state index is 6.47. The summed E-state index contributed by atoms with van der Waals surface area (Å²) in [6.45, 7) is 8.38. The van der Waals surface area contributed by atoms with Gasteiger partial charge in [0.05, 0.1) is 6.54 Å². The number of nitrogens with zero attached hydrogens (tertiary/aromatic N) is 1. The Kier molecular flexibility index (Phi) is 4.54. The van der Waals surface area contributed by atoms with Gasteiger partial charge in [-0.05, 0) is 56.0 Å². The van der Waals surface area contributed by atoms with Gasteiger partial charge in [0.15, 0.2) is 0 Å². The van der Waals surface area contributed by atoms with Crippen molar-refractivity contribution in [2.45, 2.75) is 38.6 Å². The number of ether oxygens (including phenoxy) is 1. The molecule has 23 heavy (non-hydrogen) atoms. The van der Waals surface area contributed by atoms with E-state index in [1.165, 1.54) is 11.3 Å². The highest BCUT2D eigenvalue weighted by atomic mass is 35.5. The second kappa shape index (κ2) is 6.45. The van der Waals surface area contributed by atoms with Crippen molar-refractivity contribution in [3.8, 4) is 5.75 Å². The molecule has 1 unspecified atom stereocenters. The van der Waals surface area contributed by atoms with E-state index in [0.29, 0.717) is 12.5 Å². The summed E-state index contributed by atoms with van der Waals surface area (Å²) in [5.74, 6) is 1.39. The molecule has 1 aliphatic rings. The lowest BCUT2D eigenvalue weighted by Crippen LogP contribution is -2.50. The van der Waals surface area contributed by atoms with Gasteiger partial charge in [-0.15, -0.1) is 0 Å². The largest absolute Gasteiger partial charge is 0.492 e. The standard InChI is InChI=1S/C20H24ClNO/c1-15-14-20(2,3)22(18-11-7-10-17(21)19(15)18)12-13-23-16-8-5-4-6-9-16/h4-11,15H,12-14H2,1-3H3. The smallest absolute Gasteiger partial charge is 0.119 e. The van der Waals surface area contributed by atoms with Crippen molar-refractivity contribution in [2.24, 2.45) is 0 Å². The first kappa shape index (κ1) is 16.2. The van der Waals surface area contributed by atoms with Crippen LogP contribution in [-0.4, -0.2) is 18.7 Å². The number of fused-ring (bicyclic) bond motifs is 1. The Labute approximate surface area is 144 Å². The zero-order valence-electron chi connectivity index (χ0n) is 14.1. The minimum Gasteiger partial charge on any atom is -0.492 e. The number of hydrogen-bond donors (Lipinski definition) is 0. The third-order valence-electron chi connectivity index (χ3n) is 4.68. The summed E-state index contributed by atoms with van der Waals surface area (Å²) in [4.78, 5) is 2.44. The third kappa shape index (κ3) is 3.32. The van der Waals surface area contributed by atoms with E-state index < -0.39 is 0 Å². The van der Waals surface area contributed by atoms with Crippen LogP contribution in [0, 0.1) is 0 Å².